The average Bonchev–Trinajstić information content (AvgIpc) is 3.02. The predicted molar refractivity (Wildman–Crippen MR) is 81.1 cm³/mol. The summed E-state index contributed by atoms with van der Waals surface area (Å²) in [6.45, 7) is 1.94. The highest BCUT2D eigenvalue weighted by atomic mass is 16.2. The highest BCUT2D eigenvalue weighted by molar-refractivity contribution is 6.06. The van der Waals surface area contributed by atoms with Crippen molar-refractivity contribution in [2.24, 2.45) is 0 Å². The number of nitrogens with one attached hydrogen (secondary N) is 1. The van der Waals surface area contributed by atoms with E-state index in [9.17, 15) is 4.79 Å². The van der Waals surface area contributed by atoms with Crippen LogP contribution in [0.1, 0.15) is 18.4 Å². The van der Waals surface area contributed by atoms with Gasteiger partial charge in [0.1, 0.15) is 5.69 Å². The molecule has 1 amide bonds. The van der Waals surface area contributed by atoms with Crippen molar-refractivity contribution in [1.29, 1.82) is 0 Å². The van der Waals surface area contributed by atoms with Crippen LogP contribution >= 0.6 is 0 Å². The molecular weight excluding hydrogens is 264 g/mol. The van der Waals surface area contributed by atoms with Crippen LogP contribution in [0.4, 0.5) is 5.69 Å². The van der Waals surface area contributed by atoms with Crippen molar-refractivity contribution < 1.29 is 4.79 Å². The number of fused-ring (bicyclic) bond motifs is 2. The molecule has 0 spiro atoms. The van der Waals surface area contributed by atoms with Crippen LogP contribution in [0.15, 0.2) is 36.5 Å². The number of rotatable bonds is 1. The smallest absolute Gasteiger partial charge is 0.234 e. The van der Waals surface area contributed by atoms with E-state index in [0.717, 1.165) is 33.8 Å². The first kappa shape index (κ1) is 12.1. The summed E-state index contributed by atoms with van der Waals surface area (Å²) in [6.07, 6.45) is 1.75. The molecule has 5 heteroatoms. The molecular formula is C16H14N4O. The standard InChI is InChI=1S/C16H14N4O/c1-9-10-7-12-13(8-14(10)20(2)16(9)21)19-15(18-12)11-5-3-4-6-17-11/h3-9H,1-2H3,(H,18,19). The fourth-order valence-electron chi connectivity index (χ4n) is 2.87. The highest BCUT2D eigenvalue weighted by Gasteiger charge is 2.32. The maximum atomic E-state index is 12.0. The number of likely N-dealkylation sites (N-methyl/N-ethyl adjacent to an activating group) is 1. The topological polar surface area (TPSA) is 61.9 Å². The number of H-pyrrole nitrogens is 1. The predicted octanol–water partition coefficient (Wildman–Crippen LogP) is 2.70. The summed E-state index contributed by atoms with van der Waals surface area (Å²) in [6, 6.07) is 9.72. The van der Waals surface area contributed by atoms with Crippen molar-refractivity contribution in [3.05, 3.63) is 42.1 Å². The number of aromatic amines is 1. The fourth-order valence-corrected chi connectivity index (χ4v) is 2.87. The van der Waals surface area contributed by atoms with Crippen LogP contribution in [-0.4, -0.2) is 27.9 Å². The Labute approximate surface area is 121 Å². The quantitative estimate of drug-likeness (QED) is 0.744. The molecule has 3 heterocycles. The lowest BCUT2D eigenvalue weighted by Gasteiger charge is -2.09. The molecule has 1 atom stereocenters. The molecule has 21 heavy (non-hydrogen) atoms. The van der Waals surface area contributed by atoms with Crippen molar-refractivity contribution in [2.75, 3.05) is 11.9 Å². The molecule has 5 nitrogen and oxygen atoms in total. The number of imidazole rings is 1. The van der Waals surface area contributed by atoms with Gasteiger partial charge < -0.3 is 9.88 Å². The van der Waals surface area contributed by atoms with Gasteiger partial charge in [-0.05, 0) is 36.8 Å². The van der Waals surface area contributed by atoms with Gasteiger partial charge in [-0.3, -0.25) is 9.78 Å². The molecule has 0 saturated carbocycles. The number of nitrogens with zero attached hydrogens (tertiary/aromatic N) is 3. The van der Waals surface area contributed by atoms with Crippen LogP contribution in [-0.2, 0) is 4.79 Å². The van der Waals surface area contributed by atoms with Crippen LogP contribution in [0.5, 0.6) is 0 Å². The average molecular weight is 278 g/mol. The van der Waals surface area contributed by atoms with Gasteiger partial charge in [0.25, 0.3) is 0 Å². The zero-order valence-electron chi connectivity index (χ0n) is 11.8. The number of hydrogen-bond acceptors (Lipinski definition) is 3. The minimum Gasteiger partial charge on any atom is -0.337 e. The first-order valence-corrected chi connectivity index (χ1v) is 6.88. The third-order valence-corrected chi connectivity index (χ3v) is 4.07. The fraction of sp³-hybridized carbons (Fsp3) is 0.188. The molecule has 0 saturated heterocycles. The third kappa shape index (κ3) is 1.67. The molecule has 0 aliphatic carbocycles. The maximum Gasteiger partial charge on any atom is 0.234 e. The first-order chi connectivity index (χ1) is 10.1. The minimum atomic E-state index is -0.101. The second-order valence-electron chi connectivity index (χ2n) is 5.35. The Morgan fingerprint density at radius 3 is 2.90 bits per heavy atom. The van der Waals surface area contributed by atoms with Crippen LogP contribution in [0.3, 0.4) is 0 Å². The zero-order valence-corrected chi connectivity index (χ0v) is 11.8. The van der Waals surface area contributed by atoms with Crippen molar-refractivity contribution >= 4 is 22.6 Å². The number of pyridine rings is 1. The van der Waals surface area contributed by atoms with E-state index < -0.39 is 0 Å². The monoisotopic (exact) mass is 278 g/mol. The minimum absolute atomic E-state index is 0.101. The number of carbonyl (C=O) groups excluding carboxylic acids is 1. The van der Waals surface area contributed by atoms with Crippen LogP contribution < -0.4 is 4.90 Å². The first-order valence-electron chi connectivity index (χ1n) is 6.88. The van der Waals surface area contributed by atoms with E-state index in [2.05, 4.69) is 15.0 Å². The third-order valence-electron chi connectivity index (χ3n) is 4.07. The highest BCUT2D eigenvalue weighted by Crippen LogP contribution is 2.38. The number of aromatic nitrogens is 3. The molecule has 2 aromatic heterocycles. The van der Waals surface area contributed by atoms with Gasteiger partial charge in [-0.15, -0.1) is 0 Å². The van der Waals surface area contributed by atoms with E-state index in [4.69, 9.17) is 0 Å². The summed E-state index contributed by atoms with van der Waals surface area (Å²) in [4.78, 5) is 25.9. The molecule has 0 bridgehead atoms. The van der Waals surface area contributed by atoms with Gasteiger partial charge in [0, 0.05) is 18.9 Å². The lowest BCUT2D eigenvalue weighted by Crippen LogP contribution is -2.22. The van der Waals surface area contributed by atoms with Gasteiger partial charge >= 0.3 is 0 Å². The number of hydrogen-bond donors (Lipinski definition) is 1. The summed E-state index contributed by atoms with van der Waals surface area (Å²) in [5, 5.41) is 0. The molecule has 1 N–H and O–H groups in total. The Morgan fingerprint density at radius 2 is 2.14 bits per heavy atom. The molecule has 4 rings (SSSR count). The molecule has 0 fully saturated rings. The summed E-state index contributed by atoms with van der Waals surface area (Å²) in [7, 11) is 1.81. The zero-order chi connectivity index (χ0) is 14.6. The molecule has 3 aromatic rings. The van der Waals surface area contributed by atoms with E-state index in [-0.39, 0.29) is 11.8 Å². The second-order valence-corrected chi connectivity index (χ2v) is 5.35. The molecule has 1 aromatic carbocycles. The summed E-state index contributed by atoms with van der Waals surface area (Å²) in [5.74, 6) is 0.773. The summed E-state index contributed by atoms with van der Waals surface area (Å²) < 4.78 is 0. The molecule has 104 valence electrons. The van der Waals surface area contributed by atoms with Crippen molar-refractivity contribution in [3.8, 4) is 11.5 Å². The molecule has 1 aliphatic rings. The second kappa shape index (κ2) is 4.15. The number of amides is 1. The molecule has 0 radical (unpaired) electrons. The van der Waals surface area contributed by atoms with E-state index in [1.807, 2.05) is 44.3 Å². The number of carbonyl (C=O) groups is 1. The Balaban J connectivity index is 1.90. The van der Waals surface area contributed by atoms with E-state index in [1.165, 1.54) is 0 Å². The maximum absolute atomic E-state index is 12.0. The van der Waals surface area contributed by atoms with Crippen molar-refractivity contribution in [2.45, 2.75) is 12.8 Å². The van der Waals surface area contributed by atoms with Gasteiger partial charge in [0.2, 0.25) is 5.91 Å². The molecule has 1 aliphatic heterocycles. The Bertz CT molecular complexity index is 804. The van der Waals surface area contributed by atoms with Gasteiger partial charge in [-0.1, -0.05) is 6.07 Å². The van der Waals surface area contributed by atoms with E-state index in [1.54, 1.807) is 11.1 Å². The van der Waals surface area contributed by atoms with Gasteiger partial charge in [-0.2, -0.15) is 0 Å². The largest absolute Gasteiger partial charge is 0.337 e. The van der Waals surface area contributed by atoms with E-state index >= 15 is 0 Å². The Hall–Kier alpha value is -2.69. The van der Waals surface area contributed by atoms with Crippen LogP contribution in [0.25, 0.3) is 22.6 Å². The van der Waals surface area contributed by atoms with Crippen molar-refractivity contribution in [3.63, 3.8) is 0 Å². The van der Waals surface area contributed by atoms with Crippen LogP contribution in [0.2, 0.25) is 0 Å². The van der Waals surface area contributed by atoms with Crippen LogP contribution in [0, 0.1) is 0 Å². The Kier molecular flexibility index (Phi) is 2.39. The number of benzene rings is 1. The summed E-state index contributed by atoms with van der Waals surface area (Å²) in [5.41, 5.74) is 4.59. The Morgan fingerprint density at radius 1 is 1.29 bits per heavy atom. The summed E-state index contributed by atoms with van der Waals surface area (Å²) >= 11 is 0. The van der Waals surface area contributed by atoms with Gasteiger partial charge in [-0.25, -0.2) is 4.98 Å². The van der Waals surface area contributed by atoms with Gasteiger partial charge in [0.15, 0.2) is 5.82 Å². The lowest BCUT2D eigenvalue weighted by molar-refractivity contribution is -0.118. The molecule has 1 unspecified atom stereocenters. The number of anilines is 1. The van der Waals surface area contributed by atoms with Gasteiger partial charge in [0.05, 0.1) is 17.0 Å². The van der Waals surface area contributed by atoms with E-state index in [0.29, 0.717) is 0 Å². The van der Waals surface area contributed by atoms with Crippen molar-refractivity contribution in [1.82, 2.24) is 15.0 Å². The lowest BCUT2D eigenvalue weighted by atomic mass is 10.0. The SMILES string of the molecule is CC1C(=O)N(C)c2cc3nc(-c4ccccn4)[nH]c3cc21. The normalized spacial score (nSPS) is 17.5.